The minimum atomic E-state index is -3.48. The number of phenols is 28. The molecule has 0 saturated heterocycles. The first-order valence-electron chi connectivity index (χ1n) is 21.7. The Balaban J connectivity index is 1.39. The number of hydrogen-bond acceptors (Lipinski definition) is 31. The molecule has 0 amide bonds. The van der Waals surface area contributed by atoms with Gasteiger partial charge in [-0.1, -0.05) is 0 Å². The van der Waals surface area contributed by atoms with Crippen molar-refractivity contribution in [1.82, 2.24) is 0 Å². The molecule has 1 atom stereocenters. The van der Waals surface area contributed by atoms with E-state index in [1.54, 1.807) is 0 Å². The quantitative estimate of drug-likeness (QED) is 0.0515. The van der Waals surface area contributed by atoms with E-state index in [9.17, 15) is 148 Å². The molecular weight excluding hydrogens is 1080 g/mol. The smallest absolute Gasteiger partial charge is 0.205 e. The highest BCUT2D eigenvalue weighted by atomic mass is 16.4. The Bertz CT molecular complexity index is 4630. The van der Waals surface area contributed by atoms with E-state index in [1.807, 2.05) is 0 Å². The van der Waals surface area contributed by atoms with Gasteiger partial charge in [0.15, 0.2) is 97.4 Å². The summed E-state index contributed by atoms with van der Waals surface area (Å²) in [6.07, 6.45) is 0. The zero-order valence-corrected chi connectivity index (χ0v) is 38.5. The van der Waals surface area contributed by atoms with Crippen LogP contribution in [0.1, 0.15) is 11.1 Å². The third-order valence-corrected chi connectivity index (χ3v) is 14.1. The first kappa shape index (κ1) is 50.1. The van der Waals surface area contributed by atoms with Crippen molar-refractivity contribution in [3.63, 3.8) is 0 Å². The molecule has 31 N–H and O–H groups in total. The fourth-order valence-electron chi connectivity index (χ4n) is 10.6. The summed E-state index contributed by atoms with van der Waals surface area (Å²) >= 11 is 0. The lowest BCUT2D eigenvalue weighted by Gasteiger charge is -2.25. The molecule has 1 aliphatic carbocycles. The molecule has 412 valence electrons. The maximum atomic E-state index is 12.6. The van der Waals surface area contributed by atoms with Gasteiger partial charge in [-0.15, -0.1) is 0 Å². The summed E-state index contributed by atoms with van der Waals surface area (Å²) in [6, 6.07) is 0. The van der Waals surface area contributed by atoms with Crippen molar-refractivity contribution in [2.75, 3.05) is 0 Å². The first-order chi connectivity index (χ1) is 37.2. The topological polar surface area (TPSA) is 626 Å². The number of furan rings is 1. The van der Waals surface area contributed by atoms with E-state index in [-0.39, 0.29) is 0 Å². The summed E-state index contributed by atoms with van der Waals surface area (Å²) < 4.78 is 5.47. The highest BCUT2D eigenvalue weighted by Gasteiger charge is 2.51. The Morgan fingerprint density at radius 1 is 0.188 bits per heavy atom. The molecule has 1 heterocycles. The largest absolute Gasteiger partial charge is 0.506 e. The van der Waals surface area contributed by atoms with Crippen LogP contribution in [0.4, 0.5) is 0 Å². The van der Waals surface area contributed by atoms with E-state index in [0.717, 1.165) is 0 Å². The molecule has 0 fully saturated rings. The summed E-state index contributed by atoms with van der Waals surface area (Å²) in [7, 11) is 0. The van der Waals surface area contributed by atoms with Crippen LogP contribution in [0.3, 0.4) is 0 Å². The maximum absolute atomic E-state index is 12.6. The predicted octanol–water partition coefficient (Wildman–Crippen LogP) is 3.94. The van der Waals surface area contributed by atoms with Gasteiger partial charge in [0, 0.05) is 49.4 Å². The second-order valence-corrected chi connectivity index (χ2v) is 18.0. The standard InChI is InChI=1S/C49H31NO30/c50-49(79)17-3(9-18(49)35(67)45(77)42(74)27(9)59)8(26(58)37(69)34(17)66)12-19(51)10(28(60)36(68)29(12)61)1-4-6(24(56)40(72)38(70)22(4)54)2(7-5(1)23(55)39(71)41(73)25(7)57)11-20(52)16-15-21(53)13-14(31(63)44(76)43(75)30(13)62)33(65)47(15)80-48(16)46(78)32(11)64/h51-79H,50H2. The average molecular weight is 1110 g/mol. The number of phenolic OH excluding ortho intramolecular Hbond substituents is 28. The highest BCUT2D eigenvalue weighted by Crippen LogP contribution is 2.72. The van der Waals surface area contributed by atoms with Crippen molar-refractivity contribution in [1.29, 1.82) is 0 Å². The van der Waals surface area contributed by atoms with Crippen molar-refractivity contribution < 1.29 is 153 Å². The van der Waals surface area contributed by atoms with E-state index < -0.39 is 277 Å². The lowest BCUT2D eigenvalue weighted by molar-refractivity contribution is 0.0866. The molecule has 11 rings (SSSR count). The highest BCUT2D eigenvalue weighted by molar-refractivity contribution is 6.33. The molecule has 0 bridgehead atoms. The van der Waals surface area contributed by atoms with Crippen LogP contribution in [-0.2, 0) is 5.72 Å². The molecule has 0 aliphatic heterocycles. The van der Waals surface area contributed by atoms with Crippen molar-refractivity contribution in [3.8, 4) is 205 Å². The van der Waals surface area contributed by atoms with E-state index in [0.29, 0.717) is 0 Å². The Morgan fingerprint density at radius 2 is 0.450 bits per heavy atom. The number of aliphatic hydroxyl groups is 1. The fourth-order valence-corrected chi connectivity index (χ4v) is 10.6. The van der Waals surface area contributed by atoms with Crippen molar-refractivity contribution in [2.24, 2.45) is 5.73 Å². The Labute approximate surface area is 434 Å². The predicted molar refractivity (Wildman–Crippen MR) is 262 cm³/mol. The van der Waals surface area contributed by atoms with E-state index >= 15 is 0 Å². The van der Waals surface area contributed by atoms with Crippen LogP contribution in [0.2, 0.25) is 0 Å². The fraction of sp³-hybridized carbons (Fsp3) is 0.0204. The first-order valence-corrected chi connectivity index (χ1v) is 21.7. The normalized spacial score (nSPS) is 14.1. The minimum Gasteiger partial charge on any atom is -0.506 e. The summed E-state index contributed by atoms with van der Waals surface area (Å²) in [6.45, 7) is 0. The van der Waals surface area contributed by atoms with Gasteiger partial charge in [0.05, 0.1) is 49.4 Å². The molecule has 10 aromatic rings. The SMILES string of the molecule is NC1(O)c2c(O)c(O)c(O)c(O)c2-c2c(-c3c(O)c(O)c(O)c(-c4c5c(O)c(O)c(O)c(O)c5c(-c5c(O)c(O)c6oc7c(O)c8c(O)c(O)c(O)c(O)c8c(O)c7c6c5O)c5c(O)c(O)c(O)c(O)c45)c3O)c(O)c(O)c(O)c21. The Hall–Kier alpha value is -12.1. The van der Waals surface area contributed by atoms with E-state index in [2.05, 4.69) is 0 Å². The molecule has 1 aromatic heterocycles. The number of rotatable bonds is 3. The second kappa shape index (κ2) is 15.0. The van der Waals surface area contributed by atoms with Gasteiger partial charge in [-0.3, -0.25) is 5.73 Å². The average Bonchev–Trinajstić information content (AvgIpc) is 4.01. The number of benzene rings is 9. The summed E-state index contributed by atoms with van der Waals surface area (Å²) in [5.74, 6) is -47.7. The van der Waals surface area contributed by atoms with Crippen LogP contribution in [0, 0.1) is 0 Å². The molecule has 0 saturated carbocycles. The van der Waals surface area contributed by atoms with Gasteiger partial charge >= 0.3 is 0 Å². The summed E-state index contributed by atoms with van der Waals surface area (Å²) in [5.41, 5.74) is -14.1. The molecule has 80 heavy (non-hydrogen) atoms. The molecule has 0 radical (unpaired) electrons. The summed E-state index contributed by atoms with van der Waals surface area (Å²) in [4.78, 5) is 0. The maximum Gasteiger partial charge on any atom is 0.205 e. The second-order valence-electron chi connectivity index (χ2n) is 18.0. The van der Waals surface area contributed by atoms with Crippen molar-refractivity contribution in [2.45, 2.75) is 5.72 Å². The van der Waals surface area contributed by atoms with Gasteiger partial charge in [-0.2, -0.15) is 0 Å². The Morgan fingerprint density at radius 3 is 0.887 bits per heavy atom. The zero-order valence-electron chi connectivity index (χ0n) is 38.5. The monoisotopic (exact) mass is 1110 g/mol. The number of aromatic hydroxyl groups is 28. The zero-order chi connectivity index (χ0) is 58.9. The molecule has 31 heteroatoms. The third-order valence-electron chi connectivity index (χ3n) is 14.1. The Kier molecular flexibility index (Phi) is 9.42. The van der Waals surface area contributed by atoms with Gasteiger partial charge < -0.3 is 153 Å². The van der Waals surface area contributed by atoms with E-state index in [1.165, 1.54) is 0 Å². The van der Waals surface area contributed by atoms with Gasteiger partial charge in [-0.25, -0.2) is 0 Å². The van der Waals surface area contributed by atoms with Crippen LogP contribution in [0.15, 0.2) is 4.42 Å². The van der Waals surface area contributed by atoms with Gasteiger partial charge in [0.1, 0.15) is 17.2 Å². The lowest BCUT2D eigenvalue weighted by Crippen LogP contribution is -2.35. The molecule has 1 aliphatic rings. The van der Waals surface area contributed by atoms with Crippen molar-refractivity contribution >= 4 is 54.3 Å². The molecule has 31 nitrogen and oxygen atoms in total. The number of fused-ring (bicyclic) bond motifs is 9. The molecular formula is C49H31NO30. The molecule has 1 unspecified atom stereocenters. The summed E-state index contributed by atoms with van der Waals surface area (Å²) in [5, 5.41) is 319. The minimum absolute atomic E-state index is 1.06. The lowest BCUT2D eigenvalue weighted by atomic mass is 9.81. The van der Waals surface area contributed by atoms with Crippen LogP contribution in [-0.4, -0.2) is 148 Å². The third kappa shape index (κ3) is 5.34. The van der Waals surface area contributed by atoms with Crippen LogP contribution in [0.5, 0.6) is 161 Å². The molecule has 9 aromatic carbocycles. The van der Waals surface area contributed by atoms with E-state index in [4.69, 9.17) is 10.2 Å². The van der Waals surface area contributed by atoms with Gasteiger partial charge in [-0.05, 0) is 0 Å². The van der Waals surface area contributed by atoms with Gasteiger partial charge in [0.25, 0.3) is 0 Å². The number of nitrogens with two attached hydrogens (primary N) is 1. The van der Waals surface area contributed by atoms with Crippen molar-refractivity contribution in [3.05, 3.63) is 11.1 Å². The van der Waals surface area contributed by atoms with Crippen LogP contribution < -0.4 is 5.73 Å². The van der Waals surface area contributed by atoms with Gasteiger partial charge in [0.2, 0.25) is 63.2 Å². The van der Waals surface area contributed by atoms with Crippen LogP contribution in [0.25, 0.3) is 98.8 Å². The molecule has 0 spiro atoms. The van der Waals surface area contributed by atoms with Crippen LogP contribution >= 0.6 is 0 Å². The number of hydrogen-bond donors (Lipinski definition) is 30.